The van der Waals surface area contributed by atoms with Crippen molar-refractivity contribution in [1.82, 2.24) is 5.32 Å². The normalized spacial score (nSPS) is 12.4. The Morgan fingerprint density at radius 1 is 1.24 bits per heavy atom. The molecule has 0 aliphatic rings. The van der Waals surface area contributed by atoms with E-state index in [1.807, 2.05) is 12.1 Å². The van der Waals surface area contributed by atoms with Gasteiger partial charge in [-0.1, -0.05) is 12.1 Å². The zero-order valence-electron chi connectivity index (χ0n) is 12.8. The molecule has 0 spiro atoms. The van der Waals surface area contributed by atoms with Crippen LogP contribution in [0, 0.1) is 0 Å². The minimum atomic E-state index is -0.826. The summed E-state index contributed by atoms with van der Waals surface area (Å²) in [6.45, 7) is 5.24. The molecule has 6 heteroatoms. The number of hydrogen-bond donors (Lipinski definition) is 2. The fourth-order valence-corrected chi connectivity index (χ4v) is 1.67. The van der Waals surface area contributed by atoms with Crippen LogP contribution in [-0.2, 0) is 16.0 Å². The zero-order valence-corrected chi connectivity index (χ0v) is 12.8. The molecule has 6 nitrogen and oxygen atoms in total. The highest BCUT2D eigenvalue weighted by Crippen LogP contribution is 2.13. The summed E-state index contributed by atoms with van der Waals surface area (Å²) >= 11 is 0. The Morgan fingerprint density at radius 3 is 2.24 bits per heavy atom. The molecule has 0 heterocycles. The van der Waals surface area contributed by atoms with E-state index in [1.54, 1.807) is 40.0 Å². The lowest BCUT2D eigenvalue weighted by molar-refractivity contribution is -0.120. The molecule has 0 aliphatic carbocycles. The number of nitrogens with two attached hydrogens (primary N) is 1. The highest BCUT2D eigenvalue weighted by atomic mass is 16.6. The molecule has 1 rings (SSSR count). The van der Waals surface area contributed by atoms with E-state index >= 15 is 0 Å². The van der Waals surface area contributed by atoms with Crippen molar-refractivity contribution in [2.45, 2.75) is 38.8 Å². The fraction of sp³-hybridized carbons (Fsp3) is 0.467. The van der Waals surface area contributed by atoms with E-state index in [1.165, 1.54) is 0 Å². The first-order valence-corrected chi connectivity index (χ1v) is 6.63. The quantitative estimate of drug-likeness (QED) is 0.863. The van der Waals surface area contributed by atoms with E-state index in [-0.39, 0.29) is 0 Å². The van der Waals surface area contributed by atoms with Gasteiger partial charge in [-0.3, -0.25) is 4.79 Å². The number of nitrogens with one attached hydrogen (secondary N) is 1. The molecule has 0 saturated heterocycles. The molecule has 0 fully saturated rings. The van der Waals surface area contributed by atoms with Gasteiger partial charge in [0.15, 0.2) is 0 Å². The minimum Gasteiger partial charge on any atom is -0.497 e. The van der Waals surface area contributed by atoms with Gasteiger partial charge in [0, 0.05) is 6.42 Å². The summed E-state index contributed by atoms with van der Waals surface area (Å²) in [5.41, 5.74) is 5.54. The van der Waals surface area contributed by atoms with Gasteiger partial charge in [0.05, 0.1) is 7.11 Å². The Morgan fingerprint density at radius 2 is 1.81 bits per heavy atom. The van der Waals surface area contributed by atoms with Gasteiger partial charge >= 0.3 is 6.09 Å². The molecule has 0 radical (unpaired) electrons. The van der Waals surface area contributed by atoms with Crippen molar-refractivity contribution in [3.8, 4) is 5.75 Å². The molecule has 1 aromatic carbocycles. The first kappa shape index (κ1) is 16.8. The lowest BCUT2D eigenvalue weighted by Gasteiger charge is -2.22. The van der Waals surface area contributed by atoms with Crippen molar-refractivity contribution >= 4 is 12.0 Å². The third-order valence-corrected chi connectivity index (χ3v) is 2.63. The number of amides is 2. The van der Waals surface area contributed by atoms with Crippen molar-refractivity contribution in [3.05, 3.63) is 29.8 Å². The van der Waals surface area contributed by atoms with Crippen LogP contribution >= 0.6 is 0 Å². The van der Waals surface area contributed by atoms with Crippen molar-refractivity contribution in [2.75, 3.05) is 7.11 Å². The van der Waals surface area contributed by atoms with E-state index in [0.717, 1.165) is 11.3 Å². The monoisotopic (exact) mass is 294 g/mol. The Kier molecular flexibility index (Phi) is 5.58. The SMILES string of the molecule is COc1ccc(C[C@@H](NC(=O)OC(C)(C)C)C(N)=O)cc1. The van der Waals surface area contributed by atoms with Crippen LogP contribution in [0.15, 0.2) is 24.3 Å². The number of primary amides is 1. The predicted octanol–water partition coefficient (Wildman–Crippen LogP) is 1.62. The van der Waals surface area contributed by atoms with Crippen LogP contribution in [0.2, 0.25) is 0 Å². The van der Waals surface area contributed by atoms with Crippen molar-refractivity contribution in [3.63, 3.8) is 0 Å². The van der Waals surface area contributed by atoms with Crippen molar-refractivity contribution < 1.29 is 19.1 Å². The van der Waals surface area contributed by atoms with Crippen molar-refractivity contribution in [1.29, 1.82) is 0 Å². The fourth-order valence-electron chi connectivity index (χ4n) is 1.67. The van der Waals surface area contributed by atoms with Crippen LogP contribution in [0.5, 0.6) is 5.75 Å². The maximum atomic E-state index is 11.7. The smallest absolute Gasteiger partial charge is 0.408 e. The molecule has 1 atom stereocenters. The molecular formula is C15H22N2O4. The number of benzene rings is 1. The van der Waals surface area contributed by atoms with E-state index in [4.69, 9.17) is 15.2 Å². The molecule has 0 saturated carbocycles. The summed E-state index contributed by atoms with van der Waals surface area (Å²) in [6, 6.07) is 6.35. The molecule has 1 aromatic rings. The Hall–Kier alpha value is -2.24. The molecular weight excluding hydrogens is 272 g/mol. The molecule has 0 aliphatic heterocycles. The summed E-state index contributed by atoms with van der Waals surface area (Å²) in [6.07, 6.45) is -0.377. The van der Waals surface area contributed by atoms with E-state index < -0.39 is 23.6 Å². The molecule has 116 valence electrons. The van der Waals surface area contributed by atoms with Crippen molar-refractivity contribution in [2.24, 2.45) is 5.73 Å². The summed E-state index contributed by atoms with van der Waals surface area (Å²) < 4.78 is 10.2. The number of carbonyl (C=O) groups excluding carboxylic acids is 2. The van der Waals surface area contributed by atoms with Gasteiger partial charge in [-0.05, 0) is 38.5 Å². The maximum absolute atomic E-state index is 11.7. The van der Waals surface area contributed by atoms with E-state index in [0.29, 0.717) is 6.42 Å². The summed E-state index contributed by atoms with van der Waals surface area (Å²) in [7, 11) is 1.57. The van der Waals surface area contributed by atoms with Gasteiger partial charge in [-0.2, -0.15) is 0 Å². The van der Waals surface area contributed by atoms with Crippen LogP contribution < -0.4 is 15.8 Å². The second-order valence-electron chi connectivity index (χ2n) is 5.65. The average molecular weight is 294 g/mol. The summed E-state index contributed by atoms with van der Waals surface area (Å²) in [5, 5.41) is 2.48. The van der Waals surface area contributed by atoms with Gasteiger partial charge in [0.25, 0.3) is 0 Å². The van der Waals surface area contributed by atoms with Crippen LogP contribution in [0.25, 0.3) is 0 Å². The number of carbonyl (C=O) groups is 2. The summed E-state index contributed by atoms with van der Waals surface area (Å²) in [5.74, 6) is 0.103. The lowest BCUT2D eigenvalue weighted by Crippen LogP contribution is -2.47. The molecule has 21 heavy (non-hydrogen) atoms. The number of hydrogen-bond acceptors (Lipinski definition) is 4. The number of rotatable bonds is 5. The van der Waals surface area contributed by atoms with Gasteiger partial charge in [-0.15, -0.1) is 0 Å². The minimum absolute atomic E-state index is 0.290. The topological polar surface area (TPSA) is 90.7 Å². The van der Waals surface area contributed by atoms with E-state index in [9.17, 15) is 9.59 Å². The molecule has 0 unspecified atom stereocenters. The van der Waals surface area contributed by atoms with Crippen LogP contribution in [0.4, 0.5) is 4.79 Å². The third-order valence-electron chi connectivity index (χ3n) is 2.63. The van der Waals surface area contributed by atoms with Gasteiger partial charge in [0.1, 0.15) is 17.4 Å². The first-order valence-electron chi connectivity index (χ1n) is 6.63. The maximum Gasteiger partial charge on any atom is 0.408 e. The number of ether oxygens (including phenoxy) is 2. The number of alkyl carbamates (subject to hydrolysis) is 1. The molecule has 2 amide bonds. The average Bonchev–Trinajstić information content (AvgIpc) is 2.36. The molecule has 0 bridgehead atoms. The lowest BCUT2D eigenvalue weighted by atomic mass is 10.1. The first-order chi connectivity index (χ1) is 9.71. The second-order valence-corrected chi connectivity index (χ2v) is 5.65. The zero-order chi connectivity index (χ0) is 16.0. The third kappa shape index (κ3) is 6.16. The van der Waals surface area contributed by atoms with Crippen LogP contribution in [0.3, 0.4) is 0 Å². The Labute approximate surface area is 124 Å². The molecule has 0 aromatic heterocycles. The second kappa shape index (κ2) is 6.97. The largest absolute Gasteiger partial charge is 0.497 e. The predicted molar refractivity (Wildman–Crippen MR) is 79.1 cm³/mol. The Balaban J connectivity index is 2.69. The standard InChI is InChI=1S/C15H22N2O4/c1-15(2,3)21-14(19)17-12(13(16)18)9-10-5-7-11(20-4)8-6-10/h5-8,12H,9H2,1-4H3,(H2,16,18)(H,17,19)/t12-/m1/s1. The summed E-state index contributed by atoms with van der Waals surface area (Å²) in [4.78, 5) is 23.2. The van der Waals surface area contributed by atoms with Crippen LogP contribution in [-0.4, -0.2) is 30.8 Å². The highest BCUT2D eigenvalue weighted by Gasteiger charge is 2.22. The van der Waals surface area contributed by atoms with Gasteiger partial charge in [0.2, 0.25) is 5.91 Å². The number of methoxy groups -OCH3 is 1. The van der Waals surface area contributed by atoms with Crippen LogP contribution in [0.1, 0.15) is 26.3 Å². The van der Waals surface area contributed by atoms with E-state index in [2.05, 4.69) is 5.32 Å². The van der Waals surface area contributed by atoms with Gasteiger partial charge < -0.3 is 20.5 Å². The highest BCUT2D eigenvalue weighted by molar-refractivity contribution is 5.84. The molecule has 3 N–H and O–H groups in total. The van der Waals surface area contributed by atoms with Gasteiger partial charge in [-0.25, -0.2) is 4.79 Å². The Bertz CT molecular complexity index is 491.